The van der Waals surface area contributed by atoms with Crippen molar-refractivity contribution in [3.8, 4) is 5.75 Å². The molecule has 0 saturated heterocycles. The molecule has 2 N–H and O–H groups in total. The minimum atomic E-state index is -0.595. The molecule has 0 radical (unpaired) electrons. The summed E-state index contributed by atoms with van der Waals surface area (Å²) in [5, 5.41) is 6.26. The molecule has 0 fully saturated rings. The molecule has 6 heteroatoms. The summed E-state index contributed by atoms with van der Waals surface area (Å²) in [7, 11) is 0. The van der Waals surface area contributed by atoms with E-state index in [1.807, 2.05) is 19.9 Å². The molecule has 2 amide bonds. The lowest BCUT2D eigenvalue weighted by Gasteiger charge is -2.13. The van der Waals surface area contributed by atoms with Gasteiger partial charge < -0.3 is 15.4 Å². The molecule has 25 heavy (non-hydrogen) atoms. The number of amides is 2. The molecule has 3 rings (SSSR count). The number of hydrogen-bond donors (Lipinski definition) is 2. The topological polar surface area (TPSA) is 67.4 Å². The zero-order valence-corrected chi connectivity index (χ0v) is 14.8. The fourth-order valence-electron chi connectivity index (χ4n) is 2.55. The second kappa shape index (κ2) is 7.15. The number of carbonyl (C=O) groups is 2. The summed E-state index contributed by atoms with van der Waals surface area (Å²) in [5.74, 6) is 0.257. The molecule has 1 unspecified atom stereocenters. The van der Waals surface area contributed by atoms with Gasteiger partial charge in [-0.1, -0.05) is 31.5 Å². The Morgan fingerprint density at radius 2 is 1.84 bits per heavy atom. The number of rotatable bonds is 4. The maximum Gasteiger partial charge on any atom is 0.265 e. The van der Waals surface area contributed by atoms with Crippen LogP contribution in [0.3, 0.4) is 0 Å². The Kier molecular flexibility index (Phi) is 4.95. The van der Waals surface area contributed by atoms with Gasteiger partial charge >= 0.3 is 0 Å². The van der Waals surface area contributed by atoms with E-state index in [2.05, 4.69) is 10.6 Å². The fourth-order valence-corrected chi connectivity index (χ4v) is 2.74. The van der Waals surface area contributed by atoms with Crippen LogP contribution in [0.4, 0.5) is 11.4 Å². The number of fused-ring (bicyclic) bond motifs is 1. The molecule has 1 atom stereocenters. The molecule has 0 aliphatic carbocycles. The highest BCUT2D eigenvalue weighted by Gasteiger charge is 2.29. The van der Waals surface area contributed by atoms with E-state index in [9.17, 15) is 9.59 Å². The zero-order valence-electron chi connectivity index (χ0n) is 14.0. The lowest BCUT2D eigenvalue weighted by molar-refractivity contribution is -0.122. The van der Waals surface area contributed by atoms with Gasteiger partial charge in [0.15, 0.2) is 6.10 Å². The van der Waals surface area contributed by atoms with Crippen molar-refractivity contribution in [1.29, 1.82) is 0 Å². The van der Waals surface area contributed by atoms with E-state index in [-0.39, 0.29) is 17.7 Å². The average molecular weight is 359 g/mol. The van der Waals surface area contributed by atoms with Gasteiger partial charge in [0.2, 0.25) is 5.91 Å². The third kappa shape index (κ3) is 4.12. The second-order valence-corrected chi connectivity index (χ2v) is 6.71. The minimum Gasteiger partial charge on any atom is -0.480 e. The largest absolute Gasteiger partial charge is 0.480 e. The van der Waals surface area contributed by atoms with Gasteiger partial charge in [-0.05, 0) is 42.0 Å². The molecule has 0 saturated carbocycles. The van der Waals surface area contributed by atoms with Crippen molar-refractivity contribution in [2.75, 3.05) is 10.6 Å². The second-order valence-electron chi connectivity index (χ2n) is 6.28. The van der Waals surface area contributed by atoms with E-state index in [4.69, 9.17) is 16.3 Å². The van der Waals surface area contributed by atoms with Crippen molar-refractivity contribution < 1.29 is 14.3 Å². The summed E-state index contributed by atoms with van der Waals surface area (Å²) in [6.45, 7) is 3.64. The van der Waals surface area contributed by atoms with Crippen molar-refractivity contribution in [3.63, 3.8) is 0 Å². The molecule has 2 aromatic carbocycles. The Balaban J connectivity index is 1.65. The molecule has 5 nitrogen and oxygen atoms in total. The molecule has 1 aliphatic rings. The van der Waals surface area contributed by atoms with Crippen LogP contribution in [0.5, 0.6) is 5.75 Å². The van der Waals surface area contributed by atoms with Crippen LogP contribution in [-0.2, 0) is 16.0 Å². The molecular formula is C19H19ClN2O3. The zero-order chi connectivity index (χ0) is 18.0. The van der Waals surface area contributed by atoms with Crippen LogP contribution in [0.2, 0.25) is 5.02 Å². The predicted octanol–water partition coefficient (Wildman–Crippen LogP) is 3.88. The summed E-state index contributed by atoms with van der Waals surface area (Å²) < 4.78 is 5.68. The van der Waals surface area contributed by atoms with Gasteiger partial charge in [-0.25, -0.2) is 0 Å². The van der Waals surface area contributed by atoms with Gasteiger partial charge in [0.1, 0.15) is 5.75 Å². The molecule has 130 valence electrons. The standard InChI is InChI=1S/C19H19ClN2O3/c1-11(2)18(23)21-14-4-3-5-15(10-14)22-19(24)17-9-12-8-13(20)6-7-16(12)25-17/h3-8,10-11,17H,9H2,1-2H3,(H,21,23)(H,22,24). The molecule has 0 aromatic heterocycles. The van der Waals surface area contributed by atoms with Gasteiger partial charge in [-0.15, -0.1) is 0 Å². The van der Waals surface area contributed by atoms with E-state index in [1.165, 1.54) is 0 Å². The Morgan fingerprint density at radius 3 is 2.56 bits per heavy atom. The SMILES string of the molecule is CC(C)C(=O)Nc1cccc(NC(=O)C2Cc3cc(Cl)ccc3O2)c1. The van der Waals surface area contributed by atoms with Crippen LogP contribution in [0.15, 0.2) is 42.5 Å². The normalized spacial score (nSPS) is 15.4. The van der Waals surface area contributed by atoms with Crippen molar-refractivity contribution in [1.82, 2.24) is 0 Å². The first-order valence-electron chi connectivity index (χ1n) is 8.09. The highest BCUT2D eigenvalue weighted by atomic mass is 35.5. The molecule has 0 bridgehead atoms. The molecule has 0 spiro atoms. The van der Waals surface area contributed by atoms with Crippen LogP contribution in [0, 0.1) is 5.92 Å². The van der Waals surface area contributed by atoms with Crippen LogP contribution < -0.4 is 15.4 Å². The average Bonchev–Trinajstić information content (AvgIpc) is 2.98. The van der Waals surface area contributed by atoms with Crippen molar-refractivity contribution in [3.05, 3.63) is 53.1 Å². The van der Waals surface area contributed by atoms with Gasteiger partial charge in [0.05, 0.1) is 0 Å². The Bertz CT molecular complexity index is 820. The summed E-state index contributed by atoms with van der Waals surface area (Å²) in [6, 6.07) is 12.4. The van der Waals surface area contributed by atoms with Crippen molar-refractivity contribution >= 4 is 34.8 Å². The van der Waals surface area contributed by atoms with Gasteiger partial charge in [-0.2, -0.15) is 0 Å². The van der Waals surface area contributed by atoms with E-state index in [0.717, 1.165) is 5.56 Å². The number of halogens is 1. The number of ether oxygens (including phenoxy) is 1. The smallest absolute Gasteiger partial charge is 0.265 e. The highest BCUT2D eigenvalue weighted by molar-refractivity contribution is 6.30. The van der Waals surface area contributed by atoms with E-state index in [0.29, 0.717) is 28.6 Å². The lowest BCUT2D eigenvalue weighted by Crippen LogP contribution is -2.31. The summed E-state index contributed by atoms with van der Waals surface area (Å²) in [4.78, 5) is 24.2. The number of nitrogens with one attached hydrogen (secondary N) is 2. The van der Waals surface area contributed by atoms with Crippen molar-refractivity contribution in [2.45, 2.75) is 26.4 Å². The molecule has 1 aliphatic heterocycles. The summed E-state index contributed by atoms with van der Waals surface area (Å²) in [5.41, 5.74) is 2.16. The molecule has 2 aromatic rings. The van der Waals surface area contributed by atoms with E-state index in [1.54, 1.807) is 36.4 Å². The van der Waals surface area contributed by atoms with Gasteiger partial charge in [0, 0.05) is 28.7 Å². The fraction of sp³-hybridized carbons (Fsp3) is 0.263. The Morgan fingerprint density at radius 1 is 1.12 bits per heavy atom. The first kappa shape index (κ1) is 17.3. The molecular weight excluding hydrogens is 340 g/mol. The van der Waals surface area contributed by atoms with E-state index < -0.39 is 6.10 Å². The van der Waals surface area contributed by atoms with Crippen LogP contribution >= 0.6 is 11.6 Å². The minimum absolute atomic E-state index is 0.0741. The number of carbonyl (C=O) groups excluding carboxylic acids is 2. The van der Waals surface area contributed by atoms with Crippen LogP contribution in [0.1, 0.15) is 19.4 Å². The summed E-state index contributed by atoms with van der Waals surface area (Å²) >= 11 is 5.97. The maximum atomic E-state index is 12.5. The number of benzene rings is 2. The Hall–Kier alpha value is -2.53. The summed E-state index contributed by atoms with van der Waals surface area (Å²) in [6.07, 6.45) is -0.117. The quantitative estimate of drug-likeness (QED) is 0.871. The monoisotopic (exact) mass is 358 g/mol. The predicted molar refractivity (Wildman–Crippen MR) is 98.1 cm³/mol. The van der Waals surface area contributed by atoms with Gasteiger partial charge in [0.25, 0.3) is 5.91 Å². The van der Waals surface area contributed by atoms with Crippen LogP contribution in [0.25, 0.3) is 0 Å². The third-order valence-corrected chi connectivity index (χ3v) is 4.15. The lowest BCUT2D eigenvalue weighted by atomic mass is 10.1. The first-order chi connectivity index (χ1) is 11.9. The van der Waals surface area contributed by atoms with Crippen molar-refractivity contribution in [2.24, 2.45) is 5.92 Å². The van der Waals surface area contributed by atoms with Crippen LogP contribution in [-0.4, -0.2) is 17.9 Å². The highest BCUT2D eigenvalue weighted by Crippen LogP contribution is 2.31. The Labute approximate surface area is 151 Å². The van der Waals surface area contributed by atoms with E-state index >= 15 is 0 Å². The molecule has 1 heterocycles. The first-order valence-corrected chi connectivity index (χ1v) is 8.47. The number of anilines is 2. The van der Waals surface area contributed by atoms with Gasteiger partial charge in [-0.3, -0.25) is 9.59 Å². The maximum absolute atomic E-state index is 12.5. The number of hydrogen-bond acceptors (Lipinski definition) is 3. The third-order valence-electron chi connectivity index (χ3n) is 3.91.